The lowest BCUT2D eigenvalue weighted by molar-refractivity contribution is -0.132. The molecule has 1 N–H and O–H groups in total. The molecule has 134 valence electrons. The van der Waals surface area contributed by atoms with Gasteiger partial charge in [0.2, 0.25) is 5.91 Å². The molecule has 0 spiro atoms. The van der Waals surface area contributed by atoms with Gasteiger partial charge in [0.25, 0.3) is 0 Å². The average Bonchev–Trinajstić information content (AvgIpc) is 3.38. The summed E-state index contributed by atoms with van der Waals surface area (Å²) in [5.41, 5.74) is 1.27. The molecule has 1 aliphatic heterocycles. The van der Waals surface area contributed by atoms with E-state index in [9.17, 15) is 4.79 Å². The number of rotatable bonds is 5. The van der Waals surface area contributed by atoms with Gasteiger partial charge >= 0.3 is 0 Å². The fourth-order valence-electron chi connectivity index (χ4n) is 3.55. The standard InChI is InChI=1S/C19H20N4OS2/c24-17(13-23-18(20-21-19(23)25)16-9-5-11-26-16)22-10-4-8-15(22)12-14-6-2-1-3-7-14/h1-3,5-7,9,11,15H,4,8,10,12-13H2,(H,21,25). The van der Waals surface area contributed by atoms with E-state index in [2.05, 4.69) is 34.5 Å². The van der Waals surface area contributed by atoms with Gasteiger partial charge < -0.3 is 4.90 Å². The highest BCUT2D eigenvalue weighted by atomic mass is 32.1. The molecule has 26 heavy (non-hydrogen) atoms. The van der Waals surface area contributed by atoms with Crippen LogP contribution in [0.5, 0.6) is 0 Å². The number of H-pyrrole nitrogens is 1. The Morgan fingerprint density at radius 2 is 2.12 bits per heavy atom. The zero-order valence-corrected chi connectivity index (χ0v) is 15.9. The maximum Gasteiger partial charge on any atom is 0.242 e. The second-order valence-electron chi connectivity index (χ2n) is 6.49. The lowest BCUT2D eigenvalue weighted by Gasteiger charge is -2.25. The van der Waals surface area contributed by atoms with Crippen LogP contribution in [0.25, 0.3) is 10.7 Å². The van der Waals surface area contributed by atoms with Crippen molar-refractivity contribution in [1.29, 1.82) is 0 Å². The predicted octanol–water partition coefficient (Wildman–Crippen LogP) is 3.90. The molecule has 0 bridgehead atoms. The van der Waals surface area contributed by atoms with Crippen LogP contribution in [0, 0.1) is 4.77 Å². The summed E-state index contributed by atoms with van der Waals surface area (Å²) in [5.74, 6) is 0.843. The highest BCUT2D eigenvalue weighted by molar-refractivity contribution is 7.71. The molecular formula is C19H20N4OS2. The van der Waals surface area contributed by atoms with Crippen molar-refractivity contribution in [3.63, 3.8) is 0 Å². The predicted molar refractivity (Wildman–Crippen MR) is 106 cm³/mol. The van der Waals surface area contributed by atoms with Gasteiger partial charge in [-0.25, -0.2) is 0 Å². The monoisotopic (exact) mass is 384 g/mol. The molecule has 1 saturated heterocycles. The minimum absolute atomic E-state index is 0.110. The van der Waals surface area contributed by atoms with Gasteiger partial charge in [-0.15, -0.1) is 11.3 Å². The molecule has 1 aromatic carbocycles. The van der Waals surface area contributed by atoms with E-state index in [4.69, 9.17) is 12.2 Å². The number of hydrogen-bond acceptors (Lipinski definition) is 4. The lowest BCUT2D eigenvalue weighted by atomic mass is 10.0. The Kier molecular flexibility index (Phi) is 4.99. The minimum atomic E-state index is 0.110. The van der Waals surface area contributed by atoms with Gasteiger partial charge in [0.1, 0.15) is 6.54 Å². The van der Waals surface area contributed by atoms with Crippen LogP contribution in [0.3, 0.4) is 0 Å². The van der Waals surface area contributed by atoms with E-state index in [-0.39, 0.29) is 18.5 Å². The van der Waals surface area contributed by atoms with Crippen molar-refractivity contribution in [3.05, 3.63) is 58.2 Å². The number of nitrogens with zero attached hydrogens (tertiary/aromatic N) is 3. The first-order chi connectivity index (χ1) is 12.7. The van der Waals surface area contributed by atoms with Gasteiger partial charge in [-0.2, -0.15) is 5.10 Å². The summed E-state index contributed by atoms with van der Waals surface area (Å²) in [6.45, 7) is 1.05. The molecule has 3 heterocycles. The Morgan fingerprint density at radius 3 is 2.88 bits per heavy atom. The molecule has 3 aromatic rings. The highest BCUT2D eigenvalue weighted by Gasteiger charge is 2.29. The van der Waals surface area contributed by atoms with E-state index < -0.39 is 0 Å². The zero-order valence-electron chi connectivity index (χ0n) is 14.3. The molecule has 1 unspecified atom stereocenters. The molecule has 5 nitrogen and oxygen atoms in total. The molecule has 7 heteroatoms. The highest BCUT2D eigenvalue weighted by Crippen LogP contribution is 2.25. The molecule has 1 amide bonds. The van der Waals surface area contributed by atoms with Crippen LogP contribution >= 0.6 is 23.6 Å². The minimum Gasteiger partial charge on any atom is -0.338 e. The molecule has 0 saturated carbocycles. The van der Waals surface area contributed by atoms with E-state index in [0.29, 0.717) is 4.77 Å². The van der Waals surface area contributed by atoms with Crippen molar-refractivity contribution >= 4 is 29.5 Å². The molecule has 4 rings (SSSR count). The van der Waals surface area contributed by atoms with Crippen LogP contribution in [-0.4, -0.2) is 38.2 Å². The summed E-state index contributed by atoms with van der Waals surface area (Å²) >= 11 is 6.94. The molecule has 1 aliphatic rings. The Labute approximate surface area is 161 Å². The topological polar surface area (TPSA) is 53.9 Å². The normalized spacial score (nSPS) is 16.9. The van der Waals surface area contributed by atoms with Crippen LogP contribution < -0.4 is 0 Å². The maximum atomic E-state index is 13.0. The number of benzene rings is 1. The lowest BCUT2D eigenvalue weighted by Crippen LogP contribution is -2.39. The Balaban J connectivity index is 1.51. The summed E-state index contributed by atoms with van der Waals surface area (Å²) in [4.78, 5) is 16.0. The summed E-state index contributed by atoms with van der Waals surface area (Å²) in [6.07, 6.45) is 3.01. The van der Waals surface area contributed by atoms with Crippen molar-refractivity contribution in [1.82, 2.24) is 19.7 Å². The number of aromatic amines is 1. The van der Waals surface area contributed by atoms with Gasteiger partial charge in [0.15, 0.2) is 10.6 Å². The summed E-state index contributed by atoms with van der Waals surface area (Å²) in [7, 11) is 0. The van der Waals surface area contributed by atoms with E-state index in [1.54, 1.807) is 15.9 Å². The number of thiophene rings is 1. The Hall–Kier alpha value is -2.25. The maximum absolute atomic E-state index is 13.0. The number of carbonyl (C=O) groups excluding carboxylic acids is 1. The summed E-state index contributed by atoms with van der Waals surface area (Å²) < 4.78 is 2.29. The first-order valence-corrected chi connectivity index (χ1v) is 10.0. The number of aromatic nitrogens is 3. The first kappa shape index (κ1) is 17.2. The van der Waals surface area contributed by atoms with Crippen molar-refractivity contribution in [2.45, 2.75) is 31.8 Å². The average molecular weight is 385 g/mol. The number of nitrogens with one attached hydrogen (secondary N) is 1. The van der Waals surface area contributed by atoms with Gasteiger partial charge in [0.05, 0.1) is 4.88 Å². The molecule has 2 aromatic heterocycles. The number of hydrogen-bond donors (Lipinski definition) is 1. The smallest absolute Gasteiger partial charge is 0.242 e. The third-order valence-corrected chi connectivity index (χ3v) is 5.98. The van der Waals surface area contributed by atoms with Crippen molar-refractivity contribution in [2.75, 3.05) is 6.54 Å². The second kappa shape index (κ2) is 7.55. The third kappa shape index (κ3) is 3.50. The molecule has 1 atom stereocenters. The largest absolute Gasteiger partial charge is 0.338 e. The van der Waals surface area contributed by atoms with Crippen LogP contribution in [0.1, 0.15) is 18.4 Å². The molecule has 0 aliphatic carbocycles. The first-order valence-electron chi connectivity index (χ1n) is 8.75. The summed E-state index contributed by atoms with van der Waals surface area (Å²) in [5, 5.41) is 9.13. The number of amides is 1. The zero-order chi connectivity index (χ0) is 17.9. The fraction of sp³-hybridized carbons (Fsp3) is 0.316. The van der Waals surface area contributed by atoms with Crippen molar-refractivity contribution < 1.29 is 4.79 Å². The van der Waals surface area contributed by atoms with Gasteiger partial charge in [0, 0.05) is 12.6 Å². The fourth-order valence-corrected chi connectivity index (χ4v) is 4.47. The van der Waals surface area contributed by atoms with Crippen molar-refractivity contribution in [2.24, 2.45) is 0 Å². The van der Waals surface area contributed by atoms with E-state index >= 15 is 0 Å². The Morgan fingerprint density at radius 1 is 1.27 bits per heavy atom. The number of carbonyl (C=O) groups is 1. The van der Waals surface area contributed by atoms with Gasteiger partial charge in [-0.1, -0.05) is 36.4 Å². The van der Waals surface area contributed by atoms with Crippen LogP contribution in [0.15, 0.2) is 47.8 Å². The second-order valence-corrected chi connectivity index (χ2v) is 7.82. The van der Waals surface area contributed by atoms with Crippen LogP contribution in [0.4, 0.5) is 0 Å². The third-order valence-electron chi connectivity index (χ3n) is 4.80. The van der Waals surface area contributed by atoms with E-state index in [0.717, 1.165) is 36.5 Å². The SMILES string of the molecule is O=C(Cn1c(-c2cccs2)n[nH]c1=S)N1CCCC1Cc1ccccc1. The van der Waals surface area contributed by atoms with E-state index in [1.807, 2.05) is 28.5 Å². The summed E-state index contributed by atoms with van der Waals surface area (Å²) in [6, 6.07) is 14.6. The molecular weight excluding hydrogens is 364 g/mol. The quantitative estimate of drug-likeness (QED) is 0.679. The van der Waals surface area contributed by atoms with Gasteiger partial charge in [-0.05, 0) is 48.5 Å². The van der Waals surface area contributed by atoms with Crippen LogP contribution in [0.2, 0.25) is 0 Å². The molecule has 0 radical (unpaired) electrons. The Bertz CT molecular complexity index is 930. The number of likely N-dealkylation sites (tertiary alicyclic amines) is 1. The van der Waals surface area contributed by atoms with Crippen LogP contribution in [-0.2, 0) is 17.8 Å². The van der Waals surface area contributed by atoms with E-state index in [1.165, 1.54) is 5.56 Å². The van der Waals surface area contributed by atoms with Gasteiger partial charge in [-0.3, -0.25) is 14.5 Å². The molecule has 1 fully saturated rings. The van der Waals surface area contributed by atoms with Crippen molar-refractivity contribution in [3.8, 4) is 10.7 Å².